The van der Waals surface area contributed by atoms with Gasteiger partial charge in [-0.2, -0.15) is 0 Å². The van der Waals surface area contributed by atoms with Crippen molar-refractivity contribution in [2.75, 3.05) is 5.43 Å². The van der Waals surface area contributed by atoms with Crippen LogP contribution in [0.15, 0.2) is 36.7 Å². The van der Waals surface area contributed by atoms with Gasteiger partial charge in [0.25, 0.3) is 0 Å². The SMILES string of the molecule is CC(C)Cn1cnc2c(NN)cc3ccccc3c21. The van der Waals surface area contributed by atoms with Crippen molar-refractivity contribution in [1.82, 2.24) is 9.55 Å². The highest BCUT2D eigenvalue weighted by Gasteiger charge is 2.12. The maximum absolute atomic E-state index is 5.62. The summed E-state index contributed by atoms with van der Waals surface area (Å²) in [5.41, 5.74) is 5.71. The van der Waals surface area contributed by atoms with Crippen LogP contribution in [0.5, 0.6) is 0 Å². The smallest absolute Gasteiger partial charge is 0.114 e. The molecule has 0 radical (unpaired) electrons. The van der Waals surface area contributed by atoms with E-state index in [1.165, 1.54) is 10.8 Å². The Morgan fingerprint density at radius 2 is 2.11 bits per heavy atom. The molecule has 3 N–H and O–H groups in total. The molecule has 0 amide bonds. The van der Waals surface area contributed by atoms with Crippen molar-refractivity contribution in [2.45, 2.75) is 20.4 Å². The van der Waals surface area contributed by atoms with Gasteiger partial charge in [0.05, 0.1) is 17.5 Å². The molecular formula is C15H18N4. The molecule has 0 spiro atoms. The zero-order chi connectivity index (χ0) is 13.4. The van der Waals surface area contributed by atoms with Gasteiger partial charge < -0.3 is 9.99 Å². The van der Waals surface area contributed by atoms with E-state index in [1.807, 2.05) is 18.5 Å². The Kier molecular flexibility index (Phi) is 2.87. The molecule has 3 rings (SSSR count). The molecule has 1 aromatic heterocycles. The molecule has 0 saturated carbocycles. The second-order valence-corrected chi connectivity index (χ2v) is 5.28. The maximum Gasteiger partial charge on any atom is 0.114 e. The summed E-state index contributed by atoms with van der Waals surface area (Å²) >= 11 is 0. The minimum Gasteiger partial charge on any atom is -0.330 e. The number of rotatable bonds is 3. The third-order valence-corrected chi connectivity index (χ3v) is 3.33. The lowest BCUT2D eigenvalue weighted by Gasteiger charge is -2.11. The van der Waals surface area contributed by atoms with Crippen molar-refractivity contribution in [2.24, 2.45) is 11.8 Å². The molecule has 3 aromatic rings. The third-order valence-electron chi connectivity index (χ3n) is 3.33. The van der Waals surface area contributed by atoms with E-state index in [4.69, 9.17) is 5.84 Å². The van der Waals surface area contributed by atoms with Crippen LogP contribution in [0.4, 0.5) is 5.69 Å². The number of hydrazine groups is 1. The van der Waals surface area contributed by atoms with E-state index in [0.717, 1.165) is 23.3 Å². The average Bonchev–Trinajstić information content (AvgIpc) is 2.81. The number of imidazole rings is 1. The van der Waals surface area contributed by atoms with Gasteiger partial charge in [-0.1, -0.05) is 38.1 Å². The predicted molar refractivity (Wildman–Crippen MR) is 79.9 cm³/mol. The Morgan fingerprint density at radius 3 is 2.84 bits per heavy atom. The second kappa shape index (κ2) is 4.55. The number of benzene rings is 2. The summed E-state index contributed by atoms with van der Waals surface area (Å²) in [6.45, 7) is 5.37. The number of fused-ring (bicyclic) bond motifs is 3. The van der Waals surface area contributed by atoms with Crippen molar-refractivity contribution in [3.05, 3.63) is 36.7 Å². The van der Waals surface area contributed by atoms with E-state index in [1.54, 1.807) is 0 Å². The molecule has 0 aliphatic heterocycles. The van der Waals surface area contributed by atoms with Crippen molar-refractivity contribution in [3.63, 3.8) is 0 Å². The van der Waals surface area contributed by atoms with Gasteiger partial charge >= 0.3 is 0 Å². The maximum atomic E-state index is 5.62. The highest BCUT2D eigenvalue weighted by molar-refractivity contribution is 6.09. The van der Waals surface area contributed by atoms with E-state index >= 15 is 0 Å². The summed E-state index contributed by atoms with van der Waals surface area (Å²) in [7, 11) is 0. The summed E-state index contributed by atoms with van der Waals surface area (Å²) in [6, 6.07) is 10.4. The van der Waals surface area contributed by atoms with Crippen LogP contribution in [0.25, 0.3) is 21.8 Å². The number of nitrogen functional groups attached to an aromatic ring is 1. The summed E-state index contributed by atoms with van der Waals surface area (Å²) < 4.78 is 2.21. The van der Waals surface area contributed by atoms with Gasteiger partial charge in [0, 0.05) is 11.9 Å². The summed E-state index contributed by atoms with van der Waals surface area (Å²) in [5, 5.41) is 2.39. The van der Waals surface area contributed by atoms with Crippen molar-refractivity contribution in [1.29, 1.82) is 0 Å². The van der Waals surface area contributed by atoms with Gasteiger partial charge in [-0.15, -0.1) is 0 Å². The van der Waals surface area contributed by atoms with Gasteiger partial charge in [-0.05, 0) is 17.4 Å². The monoisotopic (exact) mass is 254 g/mol. The molecule has 0 unspecified atom stereocenters. The highest BCUT2D eigenvalue weighted by atomic mass is 15.2. The largest absolute Gasteiger partial charge is 0.330 e. The van der Waals surface area contributed by atoms with Crippen molar-refractivity contribution >= 4 is 27.5 Å². The van der Waals surface area contributed by atoms with Crippen LogP contribution in [0.2, 0.25) is 0 Å². The molecule has 0 aliphatic carbocycles. The first kappa shape index (κ1) is 12.0. The van der Waals surface area contributed by atoms with Crippen LogP contribution in [-0.4, -0.2) is 9.55 Å². The third kappa shape index (κ3) is 1.94. The molecule has 19 heavy (non-hydrogen) atoms. The van der Waals surface area contributed by atoms with Crippen LogP contribution in [0.1, 0.15) is 13.8 Å². The number of anilines is 1. The van der Waals surface area contributed by atoms with E-state index in [2.05, 4.69) is 47.0 Å². The summed E-state index contributed by atoms with van der Waals surface area (Å²) in [6.07, 6.45) is 1.90. The Morgan fingerprint density at radius 1 is 1.32 bits per heavy atom. The van der Waals surface area contributed by atoms with E-state index in [0.29, 0.717) is 5.92 Å². The molecule has 4 nitrogen and oxygen atoms in total. The molecule has 98 valence electrons. The Bertz CT molecular complexity index is 727. The fraction of sp³-hybridized carbons (Fsp3) is 0.267. The topological polar surface area (TPSA) is 55.9 Å². The Labute approximate surface area is 112 Å². The minimum absolute atomic E-state index is 0.575. The normalized spacial score (nSPS) is 11.6. The van der Waals surface area contributed by atoms with Crippen LogP contribution in [0, 0.1) is 5.92 Å². The Hall–Kier alpha value is -2.07. The molecule has 0 bridgehead atoms. The number of hydrogen-bond acceptors (Lipinski definition) is 3. The molecule has 2 aromatic carbocycles. The van der Waals surface area contributed by atoms with Gasteiger partial charge in [0.2, 0.25) is 0 Å². The predicted octanol–water partition coefficient (Wildman–Crippen LogP) is 3.13. The number of aromatic nitrogens is 2. The zero-order valence-corrected chi connectivity index (χ0v) is 11.2. The fourth-order valence-electron chi connectivity index (χ4n) is 2.57. The lowest BCUT2D eigenvalue weighted by molar-refractivity contribution is 0.533. The number of nitrogens with two attached hydrogens (primary N) is 1. The molecule has 0 fully saturated rings. The molecule has 4 heteroatoms. The number of nitrogens with zero attached hydrogens (tertiary/aromatic N) is 2. The summed E-state index contributed by atoms with van der Waals surface area (Å²) in [4.78, 5) is 4.51. The quantitative estimate of drug-likeness (QED) is 0.557. The number of nitrogens with one attached hydrogen (secondary N) is 1. The lowest BCUT2D eigenvalue weighted by atomic mass is 10.1. The highest BCUT2D eigenvalue weighted by Crippen LogP contribution is 2.31. The van der Waals surface area contributed by atoms with Crippen molar-refractivity contribution in [3.8, 4) is 0 Å². The molecule has 0 aliphatic rings. The summed E-state index contributed by atoms with van der Waals surface area (Å²) in [5.74, 6) is 6.19. The first-order chi connectivity index (χ1) is 9.20. The standard InChI is InChI=1S/C15H18N4/c1-10(2)8-19-9-17-14-13(18-16)7-11-5-3-4-6-12(11)15(14)19/h3-7,9-10,18H,8,16H2,1-2H3. The van der Waals surface area contributed by atoms with Crippen LogP contribution in [-0.2, 0) is 6.54 Å². The minimum atomic E-state index is 0.575. The van der Waals surface area contributed by atoms with Gasteiger partial charge in [0.1, 0.15) is 5.52 Å². The Balaban J connectivity index is 2.39. The lowest BCUT2D eigenvalue weighted by Crippen LogP contribution is -2.08. The van der Waals surface area contributed by atoms with Gasteiger partial charge in [-0.3, -0.25) is 5.84 Å². The van der Waals surface area contributed by atoms with E-state index in [9.17, 15) is 0 Å². The molecule has 1 heterocycles. The fourth-order valence-corrected chi connectivity index (χ4v) is 2.57. The van der Waals surface area contributed by atoms with E-state index < -0.39 is 0 Å². The van der Waals surface area contributed by atoms with Crippen LogP contribution >= 0.6 is 0 Å². The van der Waals surface area contributed by atoms with Crippen LogP contribution in [0.3, 0.4) is 0 Å². The molecular weight excluding hydrogens is 236 g/mol. The van der Waals surface area contributed by atoms with E-state index in [-0.39, 0.29) is 0 Å². The van der Waals surface area contributed by atoms with Gasteiger partial charge in [0.15, 0.2) is 0 Å². The second-order valence-electron chi connectivity index (χ2n) is 5.28. The van der Waals surface area contributed by atoms with Gasteiger partial charge in [-0.25, -0.2) is 4.98 Å². The van der Waals surface area contributed by atoms with Crippen molar-refractivity contribution < 1.29 is 0 Å². The van der Waals surface area contributed by atoms with Crippen LogP contribution < -0.4 is 11.3 Å². The molecule has 0 saturated heterocycles. The molecule has 0 atom stereocenters. The first-order valence-electron chi connectivity index (χ1n) is 6.54. The average molecular weight is 254 g/mol. The number of hydrogen-bond donors (Lipinski definition) is 2. The first-order valence-corrected chi connectivity index (χ1v) is 6.54. The zero-order valence-electron chi connectivity index (χ0n) is 11.2.